The van der Waals surface area contributed by atoms with Crippen molar-refractivity contribution >= 4 is 41.4 Å². The van der Waals surface area contributed by atoms with E-state index in [1.807, 2.05) is 20.1 Å². The molecule has 0 saturated carbocycles. The second-order valence-electron chi connectivity index (χ2n) is 8.85. The minimum Gasteiger partial charge on any atom is -0.480 e. The lowest BCUT2D eigenvalue weighted by Crippen LogP contribution is -2.58. The molecule has 0 rings (SSSR count). The van der Waals surface area contributed by atoms with E-state index in [-0.39, 0.29) is 24.7 Å². The summed E-state index contributed by atoms with van der Waals surface area (Å²) >= 11 is 1.48. The number of carboxylic acids is 1. The fourth-order valence-electron chi connectivity index (χ4n) is 3.16. The predicted octanol–water partition coefficient (Wildman–Crippen LogP) is -0.0365. The maximum atomic E-state index is 13.0. The number of aliphatic carboxylic acids is 1. The Labute approximate surface area is 205 Å². The van der Waals surface area contributed by atoms with Gasteiger partial charge in [0.25, 0.3) is 0 Å². The molecule has 0 aliphatic heterocycles. The lowest BCUT2D eigenvalue weighted by molar-refractivity contribution is -0.144. The summed E-state index contributed by atoms with van der Waals surface area (Å²) in [5.74, 6) is -3.32. The van der Waals surface area contributed by atoms with E-state index >= 15 is 0 Å². The lowest BCUT2D eigenvalue weighted by Gasteiger charge is -2.26. The molecule has 0 heterocycles. The number of hydrogen-bond donors (Lipinski definition) is 6. The van der Waals surface area contributed by atoms with Crippen LogP contribution in [-0.2, 0) is 24.0 Å². The van der Waals surface area contributed by atoms with E-state index in [1.165, 1.54) is 11.8 Å². The van der Waals surface area contributed by atoms with Crippen molar-refractivity contribution in [2.75, 3.05) is 12.0 Å². The highest BCUT2D eigenvalue weighted by molar-refractivity contribution is 7.98. The van der Waals surface area contributed by atoms with Gasteiger partial charge in [0.05, 0.1) is 6.04 Å². The molecule has 0 aliphatic carbocycles. The van der Waals surface area contributed by atoms with Crippen LogP contribution in [0.15, 0.2) is 0 Å². The van der Waals surface area contributed by atoms with Gasteiger partial charge in [0, 0.05) is 6.42 Å². The van der Waals surface area contributed by atoms with Crippen molar-refractivity contribution in [3.05, 3.63) is 0 Å². The van der Waals surface area contributed by atoms with E-state index < -0.39 is 53.8 Å². The molecule has 5 unspecified atom stereocenters. The molecule has 34 heavy (non-hydrogen) atoms. The van der Waals surface area contributed by atoms with Crippen molar-refractivity contribution < 1.29 is 29.1 Å². The van der Waals surface area contributed by atoms with Gasteiger partial charge in [-0.3, -0.25) is 19.2 Å². The quantitative estimate of drug-likeness (QED) is 0.159. The predicted molar refractivity (Wildman–Crippen MR) is 132 cm³/mol. The van der Waals surface area contributed by atoms with Gasteiger partial charge in [-0.05, 0) is 43.1 Å². The minimum atomic E-state index is -1.20. The highest BCUT2D eigenvalue weighted by Gasteiger charge is 2.32. The molecule has 0 aromatic rings. The van der Waals surface area contributed by atoms with Crippen LogP contribution in [0.1, 0.15) is 59.8 Å². The minimum absolute atomic E-state index is 0.115. The molecule has 0 fully saturated rings. The van der Waals surface area contributed by atoms with E-state index in [0.29, 0.717) is 25.0 Å². The molecule has 12 heteroatoms. The molecule has 196 valence electrons. The van der Waals surface area contributed by atoms with Gasteiger partial charge in [-0.1, -0.05) is 34.1 Å². The van der Waals surface area contributed by atoms with Crippen LogP contribution in [0.4, 0.5) is 0 Å². The maximum absolute atomic E-state index is 13.0. The Hall–Kier alpha value is -2.34. The van der Waals surface area contributed by atoms with E-state index in [9.17, 15) is 29.1 Å². The number of primary amides is 1. The molecule has 0 spiro atoms. The third kappa shape index (κ3) is 12.2. The van der Waals surface area contributed by atoms with Crippen LogP contribution in [0.3, 0.4) is 0 Å². The number of carboxylic acid groups (broad SMARTS) is 1. The van der Waals surface area contributed by atoms with Gasteiger partial charge < -0.3 is 32.5 Å². The SMILES string of the molecule is CCC(C)C(NC(=O)C(CCC(N)=O)NC(=O)C(CCSC)NC(=O)C(N)CC(C)C)C(=O)O. The number of carbonyl (C=O) groups excluding carboxylic acids is 4. The largest absolute Gasteiger partial charge is 0.480 e. The van der Waals surface area contributed by atoms with Gasteiger partial charge in [-0.25, -0.2) is 4.79 Å². The smallest absolute Gasteiger partial charge is 0.326 e. The van der Waals surface area contributed by atoms with Crippen molar-refractivity contribution in [3.63, 3.8) is 0 Å². The summed E-state index contributed by atoms with van der Waals surface area (Å²) in [5.41, 5.74) is 11.1. The highest BCUT2D eigenvalue weighted by atomic mass is 32.2. The van der Waals surface area contributed by atoms with Gasteiger partial charge in [0.1, 0.15) is 18.1 Å². The summed E-state index contributed by atoms with van der Waals surface area (Å²) in [6, 6.07) is -4.10. The summed E-state index contributed by atoms with van der Waals surface area (Å²) in [7, 11) is 0. The van der Waals surface area contributed by atoms with Crippen LogP contribution in [-0.4, -0.2) is 70.9 Å². The first-order valence-corrected chi connectivity index (χ1v) is 12.9. The zero-order valence-electron chi connectivity index (χ0n) is 20.8. The van der Waals surface area contributed by atoms with E-state index in [1.54, 1.807) is 13.8 Å². The summed E-state index contributed by atoms with van der Waals surface area (Å²) in [6.07, 6.45) is 2.79. The molecule has 4 amide bonds. The zero-order chi connectivity index (χ0) is 26.4. The lowest BCUT2D eigenvalue weighted by atomic mass is 9.98. The second-order valence-corrected chi connectivity index (χ2v) is 9.84. The molecule has 0 aliphatic rings. The summed E-state index contributed by atoms with van der Waals surface area (Å²) in [4.78, 5) is 61.3. The number of thioether (sulfide) groups is 1. The topological polar surface area (TPSA) is 194 Å². The molecule has 8 N–H and O–H groups in total. The van der Waals surface area contributed by atoms with Crippen molar-refractivity contribution in [3.8, 4) is 0 Å². The molecule has 0 bridgehead atoms. The maximum Gasteiger partial charge on any atom is 0.326 e. The van der Waals surface area contributed by atoms with Crippen LogP contribution in [0, 0.1) is 11.8 Å². The normalized spacial score (nSPS) is 15.5. The third-order valence-electron chi connectivity index (χ3n) is 5.39. The van der Waals surface area contributed by atoms with E-state index in [4.69, 9.17) is 11.5 Å². The summed E-state index contributed by atoms with van der Waals surface area (Å²) in [6.45, 7) is 7.33. The zero-order valence-corrected chi connectivity index (χ0v) is 21.6. The molecule has 0 saturated heterocycles. The first-order valence-electron chi connectivity index (χ1n) is 11.5. The summed E-state index contributed by atoms with van der Waals surface area (Å²) < 4.78 is 0. The Morgan fingerprint density at radius 3 is 1.91 bits per heavy atom. The fourth-order valence-corrected chi connectivity index (χ4v) is 3.63. The number of carbonyl (C=O) groups is 5. The van der Waals surface area contributed by atoms with Gasteiger partial charge in [0.2, 0.25) is 23.6 Å². The third-order valence-corrected chi connectivity index (χ3v) is 6.04. The van der Waals surface area contributed by atoms with Crippen molar-refractivity contribution in [1.29, 1.82) is 0 Å². The Kier molecular flexibility index (Phi) is 15.2. The first kappa shape index (κ1) is 31.7. The molecule has 5 atom stereocenters. The van der Waals surface area contributed by atoms with Gasteiger partial charge >= 0.3 is 5.97 Å². The average Bonchev–Trinajstić information content (AvgIpc) is 2.75. The molecular weight excluding hydrogens is 462 g/mol. The molecule has 0 radical (unpaired) electrons. The van der Waals surface area contributed by atoms with Gasteiger partial charge in [0.15, 0.2) is 0 Å². The summed E-state index contributed by atoms with van der Waals surface area (Å²) in [5, 5.41) is 17.1. The van der Waals surface area contributed by atoms with Gasteiger partial charge in [-0.15, -0.1) is 0 Å². The van der Waals surface area contributed by atoms with Crippen LogP contribution in [0.25, 0.3) is 0 Å². The number of rotatable bonds is 17. The van der Waals surface area contributed by atoms with Gasteiger partial charge in [-0.2, -0.15) is 11.8 Å². The molecule has 0 aromatic carbocycles. The standard InChI is InChI=1S/C22H41N5O6S/c1-6-13(4)18(22(32)33)27-21(31)15(7-8-17(24)28)26-20(30)16(9-10-34-5)25-19(29)14(23)11-12(2)3/h12-16,18H,6-11,23H2,1-5H3,(H2,24,28)(H,25,29)(H,26,30)(H,27,31)(H,32,33). The molecule has 11 nitrogen and oxygen atoms in total. The van der Waals surface area contributed by atoms with E-state index in [2.05, 4.69) is 16.0 Å². The van der Waals surface area contributed by atoms with Crippen molar-refractivity contribution in [2.24, 2.45) is 23.3 Å². The Morgan fingerprint density at radius 1 is 0.912 bits per heavy atom. The average molecular weight is 504 g/mol. The fraction of sp³-hybridized carbons (Fsp3) is 0.773. The van der Waals surface area contributed by atoms with Crippen molar-refractivity contribution in [2.45, 2.75) is 84.0 Å². The monoisotopic (exact) mass is 503 g/mol. The van der Waals surface area contributed by atoms with Crippen molar-refractivity contribution in [1.82, 2.24) is 16.0 Å². The number of nitrogens with two attached hydrogens (primary N) is 2. The number of amides is 4. The number of nitrogens with one attached hydrogen (secondary N) is 3. The molecule has 0 aromatic heterocycles. The van der Waals surface area contributed by atoms with Crippen LogP contribution >= 0.6 is 11.8 Å². The Morgan fingerprint density at radius 2 is 1.44 bits per heavy atom. The van der Waals surface area contributed by atoms with Crippen LogP contribution in [0.2, 0.25) is 0 Å². The number of hydrogen-bond acceptors (Lipinski definition) is 7. The highest BCUT2D eigenvalue weighted by Crippen LogP contribution is 2.10. The van der Waals surface area contributed by atoms with E-state index in [0.717, 1.165) is 0 Å². The second kappa shape index (κ2) is 16.3. The van der Waals surface area contributed by atoms with Crippen LogP contribution < -0.4 is 27.4 Å². The Bertz CT molecular complexity index is 705. The first-order chi connectivity index (χ1) is 15.8. The van der Waals surface area contributed by atoms with Crippen LogP contribution in [0.5, 0.6) is 0 Å². The molecular formula is C22H41N5O6S. The Balaban J connectivity index is 5.57.